The normalized spacial score (nSPS) is 16.3. The lowest BCUT2D eigenvalue weighted by atomic mass is 9.79. The van der Waals surface area contributed by atoms with Crippen molar-refractivity contribution in [1.82, 2.24) is 9.97 Å². The van der Waals surface area contributed by atoms with Crippen molar-refractivity contribution in [3.05, 3.63) is 41.7 Å². The predicted octanol–water partition coefficient (Wildman–Crippen LogP) is 7.17. The number of unbranched alkanes of at least 4 members (excludes halogenated alkanes) is 2. The van der Waals surface area contributed by atoms with E-state index < -0.39 is 6.16 Å². The van der Waals surface area contributed by atoms with Crippen LogP contribution in [-0.4, -0.2) is 22.7 Å². The van der Waals surface area contributed by atoms with Crippen LogP contribution in [-0.2, 0) is 17.6 Å². The maximum Gasteiger partial charge on any atom is 0.513 e. The van der Waals surface area contributed by atoms with E-state index in [0.717, 1.165) is 48.9 Å². The Morgan fingerprint density at radius 2 is 1.91 bits per heavy atom. The molecule has 0 saturated carbocycles. The fourth-order valence-corrected chi connectivity index (χ4v) is 4.47. The molecule has 0 aliphatic heterocycles. The van der Waals surface area contributed by atoms with Crippen LogP contribution in [0, 0.1) is 11.8 Å². The van der Waals surface area contributed by atoms with Crippen LogP contribution in [0.15, 0.2) is 30.5 Å². The molecule has 1 aliphatic carbocycles. The number of rotatable bonds is 11. The lowest BCUT2D eigenvalue weighted by Crippen LogP contribution is -2.19. The molecule has 1 heterocycles. The van der Waals surface area contributed by atoms with Gasteiger partial charge in [-0.3, -0.25) is 0 Å². The highest BCUT2D eigenvalue weighted by Gasteiger charge is 2.23. The summed E-state index contributed by atoms with van der Waals surface area (Å²) in [4.78, 5) is 21.2. The van der Waals surface area contributed by atoms with E-state index in [1.54, 1.807) is 12.1 Å². The molecule has 0 spiro atoms. The van der Waals surface area contributed by atoms with Crippen LogP contribution in [0.1, 0.15) is 83.4 Å². The quantitative estimate of drug-likeness (QED) is 0.211. The summed E-state index contributed by atoms with van der Waals surface area (Å²) < 4.78 is 10.3. The van der Waals surface area contributed by atoms with Crippen LogP contribution in [0.3, 0.4) is 0 Å². The van der Waals surface area contributed by atoms with Crippen molar-refractivity contribution < 1.29 is 14.3 Å². The Morgan fingerprint density at radius 1 is 1.12 bits per heavy atom. The molecule has 5 nitrogen and oxygen atoms in total. The standard InChI is InChI=1S/C27H38N2O3/c1-4-7-9-20(6-3)17-21-10-15-25-23(18-21)19-28-26(29-25)22-11-13-24(14-12-22)32-27(30)31-16-8-5-2/h11-14,19-21H,4-10,15-18H2,1-3H3. The zero-order valence-corrected chi connectivity index (χ0v) is 19.9. The average molecular weight is 439 g/mol. The molecule has 0 radical (unpaired) electrons. The molecule has 0 saturated heterocycles. The maximum absolute atomic E-state index is 11.7. The minimum absolute atomic E-state index is 0.384. The number of hydrogen-bond acceptors (Lipinski definition) is 5. The Kier molecular flexibility index (Phi) is 9.51. The van der Waals surface area contributed by atoms with Gasteiger partial charge in [-0.05, 0) is 73.8 Å². The van der Waals surface area contributed by atoms with Gasteiger partial charge in [0.1, 0.15) is 5.75 Å². The lowest BCUT2D eigenvalue weighted by molar-refractivity contribution is 0.0978. The van der Waals surface area contributed by atoms with Crippen LogP contribution >= 0.6 is 0 Å². The molecule has 174 valence electrons. The van der Waals surface area contributed by atoms with E-state index in [1.807, 2.05) is 25.3 Å². The SMILES string of the molecule is CCCCOC(=O)Oc1ccc(-c2ncc3c(n2)CCC(CC(CC)CCCC)C3)cc1. The Bertz CT molecular complexity index is 850. The molecule has 1 aromatic carbocycles. The van der Waals surface area contributed by atoms with E-state index in [1.165, 1.54) is 49.8 Å². The first-order valence-corrected chi connectivity index (χ1v) is 12.4. The number of aromatic nitrogens is 2. The second kappa shape index (κ2) is 12.6. The Morgan fingerprint density at radius 3 is 2.62 bits per heavy atom. The van der Waals surface area contributed by atoms with Gasteiger partial charge >= 0.3 is 6.16 Å². The van der Waals surface area contributed by atoms with Crippen LogP contribution < -0.4 is 4.74 Å². The fraction of sp³-hybridized carbons (Fsp3) is 0.593. The number of ether oxygens (including phenoxy) is 2. The summed E-state index contributed by atoms with van der Waals surface area (Å²) in [5.41, 5.74) is 3.42. The van der Waals surface area contributed by atoms with Crippen molar-refractivity contribution in [3.8, 4) is 17.1 Å². The van der Waals surface area contributed by atoms with Crippen LogP contribution in [0.5, 0.6) is 5.75 Å². The van der Waals surface area contributed by atoms with Crippen LogP contribution in [0.2, 0.25) is 0 Å². The van der Waals surface area contributed by atoms with Crippen molar-refractivity contribution in [2.24, 2.45) is 11.8 Å². The van der Waals surface area contributed by atoms with Crippen molar-refractivity contribution in [3.63, 3.8) is 0 Å². The molecule has 0 amide bonds. The Labute approximate surface area is 193 Å². The van der Waals surface area contributed by atoms with Gasteiger partial charge in [0.25, 0.3) is 0 Å². The zero-order valence-electron chi connectivity index (χ0n) is 19.9. The highest BCUT2D eigenvalue weighted by molar-refractivity contribution is 5.65. The molecule has 2 atom stereocenters. The molecule has 1 aromatic heterocycles. The van der Waals surface area contributed by atoms with Gasteiger partial charge in [0, 0.05) is 17.5 Å². The second-order valence-corrected chi connectivity index (χ2v) is 9.01. The maximum atomic E-state index is 11.7. The molecule has 2 unspecified atom stereocenters. The summed E-state index contributed by atoms with van der Waals surface area (Å²) in [6.45, 7) is 7.04. The largest absolute Gasteiger partial charge is 0.513 e. The summed E-state index contributed by atoms with van der Waals surface area (Å²) in [5.74, 6) is 2.80. The number of nitrogens with zero attached hydrogens (tertiary/aromatic N) is 2. The number of carbonyl (C=O) groups excluding carboxylic acids is 1. The van der Waals surface area contributed by atoms with Gasteiger partial charge in [0.2, 0.25) is 0 Å². The predicted molar refractivity (Wildman–Crippen MR) is 128 cm³/mol. The topological polar surface area (TPSA) is 61.3 Å². The van der Waals surface area contributed by atoms with Crippen molar-refractivity contribution in [2.75, 3.05) is 6.61 Å². The van der Waals surface area contributed by atoms with Gasteiger partial charge in [-0.15, -0.1) is 0 Å². The minimum atomic E-state index is -0.661. The summed E-state index contributed by atoms with van der Waals surface area (Å²) in [6, 6.07) is 7.30. The molecule has 1 aliphatic rings. The highest BCUT2D eigenvalue weighted by atomic mass is 16.7. The number of benzene rings is 1. The van der Waals surface area contributed by atoms with E-state index in [0.29, 0.717) is 12.4 Å². The monoisotopic (exact) mass is 438 g/mol. The van der Waals surface area contributed by atoms with Gasteiger partial charge in [-0.2, -0.15) is 0 Å². The van der Waals surface area contributed by atoms with Gasteiger partial charge in [0.05, 0.1) is 6.61 Å². The Balaban J connectivity index is 1.58. The summed E-state index contributed by atoms with van der Waals surface area (Å²) in [6.07, 6.45) is 13.1. The van der Waals surface area contributed by atoms with Crippen molar-refractivity contribution in [2.45, 2.75) is 85.0 Å². The molecule has 0 fully saturated rings. The number of carbonyl (C=O) groups is 1. The molecule has 5 heteroatoms. The van der Waals surface area contributed by atoms with Crippen molar-refractivity contribution in [1.29, 1.82) is 0 Å². The lowest BCUT2D eigenvalue weighted by Gasteiger charge is -2.27. The summed E-state index contributed by atoms with van der Waals surface area (Å²) in [5, 5.41) is 0. The van der Waals surface area contributed by atoms with Gasteiger partial charge < -0.3 is 9.47 Å². The molecule has 32 heavy (non-hydrogen) atoms. The van der Waals surface area contributed by atoms with Gasteiger partial charge in [0.15, 0.2) is 5.82 Å². The number of aryl methyl sites for hydroxylation is 1. The van der Waals surface area contributed by atoms with Crippen LogP contribution in [0.4, 0.5) is 4.79 Å². The molecular weight excluding hydrogens is 400 g/mol. The average Bonchev–Trinajstić information content (AvgIpc) is 2.82. The number of hydrogen-bond donors (Lipinski definition) is 0. The first-order chi connectivity index (χ1) is 15.6. The van der Waals surface area contributed by atoms with E-state index >= 15 is 0 Å². The number of fused-ring (bicyclic) bond motifs is 1. The van der Waals surface area contributed by atoms with E-state index in [2.05, 4.69) is 18.8 Å². The third-order valence-corrected chi connectivity index (χ3v) is 6.49. The first kappa shape index (κ1) is 24.2. The summed E-state index contributed by atoms with van der Waals surface area (Å²) >= 11 is 0. The molecule has 0 N–H and O–H groups in total. The fourth-order valence-electron chi connectivity index (χ4n) is 4.47. The zero-order chi connectivity index (χ0) is 22.8. The molecule has 0 bridgehead atoms. The highest BCUT2D eigenvalue weighted by Crippen LogP contribution is 2.32. The van der Waals surface area contributed by atoms with Gasteiger partial charge in [-0.25, -0.2) is 14.8 Å². The first-order valence-electron chi connectivity index (χ1n) is 12.4. The van der Waals surface area contributed by atoms with E-state index in [9.17, 15) is 4.79 Å². The Hall–Kier alpha value is -2.43. The minimum Gasteiger partial charge on any atom is -0.434 e. The third-order valence-electron chi connectivity index (χ3n) is 6.49. The van der Waals surface area contributed by atoms with Gasteiger partial charge in [-0.1, -0.05) is 52.9 Å². The smallest absolute Gasteiger partial charge is 0.434 e. The second-order valence-electron chi connectivity index (χ2n) is 9.01. The molecule has 3 rings (SSSR count). The van der Waals surface area contributed by atoms with E-state index in [-0.39, 0.29) is 0 Å². The third kappa shape index (κ3) is 7.04. The molecular formula is C27H38N2O3. The van der Waals surface area contributed by atoms with Crippen molar-refractivity contribution >= 4 is 6.16 Å². The summed E-state index contributed by atoms with van der Waals surface area (Å²) in [7, 11) is 0. The van der Waals surface area contributed by atoms with Crippen LogP contribution in [0.25, 0.3) is 11.4 Å². The van der Waals surface area contributed by atoms with E-state index in [4.69, 9.17) is 14.5 Å². The molecule has 2 aromatic rings.